The van der Waals surface area contributed by atoms with Crippen molar-refractivity contribution in [3.63, 3.8) is 0 Å². The number of ether oxygens (including phenoxy) is 1. The molecule has 20 heavy (non-hydrogen) atoms. The molecule has 0 aromatic carbocycles. The topological polar surface area (TPSA) is 43.3 Å². The van der Waals surface area contributed by atoms with Gasteiger partial charge in [-0.1, -0.05) is 6.92 Å². The summed E-state index contributed by atoms with van der Waals surface area (Å²) in [7, 11) is 1.69. The normalized spacial score (nSPS) is 14.3. The van der Waals surface area contributed by atoms with Gasteiger partial charge in [0.15, 0.2) is 0 Å². The summed E-state index contributed by atoms with van der Waals surface area (Å²) in [6, 6.07) is 2.13. The molecular weight excluding hydrogens is 252 g/mol. The van der Waals surface area contributed by atoms with Crippen LogP contribution in [0.25, 0.3) is 0 Å². The van der Waals surface area contributed by atoms with Crippen LogP contribution in [0.5, 0.6) is 0 Å². The van der Waals surface area contributed by atoms with Crippen molar-refractivity contribution in [1.82, 2.24) is 9.88 Å². The molecule has 4 heteroatoms. The van der Waals surface area contributed by atoms with Crippen molar-refractivity contribution in [3.8, 4) is 0 Å². The summed E-state index contributed by atoms with van der Waals surface area (Å²) in [4.78, 5) is 12.6. The fourth-order valence-corrected chi connectivity index (χ4v) is 2.93. The zero-order valence-corrected chi connectivity index (χ0v) is 12.7. The molecule has 112 valence electrons. The summed E-state index contributed by atoms with van der Waals surface area (Å²) in [5.74, 6) is 0. The Balaban J connectivity index is 2.23. The monoisotopic (exact) mass is 278 g/mol. The van der Waals surface area contributed by atoms with Gasteiger partial charge in [-0.05, 0) is 43.7 Å². The van der Waals surface area contributed by atoms with Gasteiger partial charge in [0.1, 0.15) is 0 Å². The molecule has 0 bridgehead atoms. The molecule has 1 aliphatic carbocycles. The third-order valence-electron chi connectivity index (χ3n) is 3.92. The summed E-state index contributed by atoms with van der Waals surface area (Å²) in [5, 5.41) is 3.28. The van der Waals surface area contributed by atoms with Crippen molar-refractivity contribution >= 4 is 0 Å². The summed E-state index contributed by atoms with van der Waals surface area (Å²) >= 11 is 0. The first-order valence-electron chi connectivity index (χ1n) is 7.72. The second kappa shape index (κ2) is 7.60. The third kappa shape index (κ3) is 3.49. The van der Waals surface area contributed by atoms with Crippen LogP contribution in [-0.2, 0) is 30.7 Å². The average Bonchev–Trinajstić information content (AvgIpc) is 2.47. The zero-order chi connectivity index (χ0) is 14.4. The van der Waals surface area contributed by atoms with Crippen LogP contribution < -0.4 is 10.9 Å². The van der Waals surface area contributed by atoms with Crippen molar-refractivity contribution in [3.05, 3.63) is 33.2 Å². The van der Waals surface area contributed by atoms with Gasteiger partial charge in [-0.3, -0.25) is 4.79 Å². The number of hydrogen-bond acceptors (Lipinski definition) is 3. The van der Waals surface area contributed by atoms with Crippen LogP contribution in [0, 0.1) is 0 Å². The summed E-state index contributed by atoms with van der Waals surface area (Å²) in [5.41, 5.74) is 3.75. The van der Waals surface area contributed by atoms with Gasteiger partial charge in [0.25, 0.3) is 5.56 Å². The molecule has 1 aliphatic rings. The second-order valence-electron chi connectivity index (χ2n) is 5.47. The van der Waals surface area contributed by atoms with E-state index in [1.54, 1.807) is 7.11 Å². The Kier molecular flexibility index (Phi) is 5.80. The van der Waals surface area contributed by atoms with Gasteiger partial charge in [0.05, 0.1) is 6.61 Å². The molecule has 1 aromatic heterocycles. The van der Waals surface area contributed by atoms with Crippen molar-refractivity contribution in [1.29, 1.82) is 0 Å². The van der Waals surface area contributed by atoms with Crippen LogP contribution in [0.2, 0.25) is 0 Å². The summed E-state index contributed by atoms with van der Waals surface area (Å²) in [6.07, 6.45) is 5.63. The minimum absolute atomic E-state index is 0.192. The van der Waals surface area contributed by atoms with Crippen molar-refractivity contribution in [2.75, 3.05) is 20.3 Å². The van der Waals surface area contributed by atoms with E-state index < -0.39 is 0 Å². The molecule has 0 spiro atoms. The number of nitrogens with one attached hydrogen (secondary N) is 1. The summed E-state index contributed by atoms with van der Waals surface area (Å²) < 4.78 is 7.03. The van der Waals surface area contributed by atoms with E-state index in [9.17, 15) is 4.79 Å². The fraction of sp³-hybridized carbons (Fsp3) is 0.688. The van der Waals surface area contributed by atoms with E-state index in [1.165, 1.54) is 24.1 Å². The van der Waals surface area contributed by atoms with Crippen LogP contribution in [0.15, 0.2) is 10.9 Å². The van der Waals surface area contributed by atoms with Gasteiger partial charge in [-0.25, -0.2) is 0 Å². The average molecular weight is 278 g/mol. The lowest BCUT2D eigenvalue weighted by Gasteiger charge is -2.22. The Morgan fingerprint density at radius 3 is 2.90 bits per heavy atom. The van der Waals surface area contributed by atoms with Gasteiger partial charge >= 0.3 is 0 Å². The van der Waals surface area contributed by atoms with Crippen molar-refractivity contribution < 1.29 is 4.74 Å². The molecule has 2 rings (SSSR count). The smallest absolute Gasteiger partial charge is 0.255 e. The molecule has 0 unspecified atom stereocenters. The number of hydrogen-bond donors (Lipinski definition) is 1. The maximum atomic E-state index is 12.6. The van der Waals surface area contributed by atoms with Crippen LogP contribution in [0.1, 0.15) is 43.0 Å². The SMILES string of the molecule is CCCn1c2c(cc(CNCCOC)c1=O)CCCC2. The third-order valence-corrected chi connectivity index (χ3v) is 3.92. The molecule has 4 nitrogen and oxygen atoms in total. The van der Waals surface area contributed by atoms with E-state index in [2.05, 4.69) is 18.3 Å². The largest absolute Gasteiger partial charge is 0.383 e. The molecule has 0 atom stereocenters. The molecule has 0 saturated carbocycles. The molecule has 0 saturated heterocycles. The standard InChI is InChI=1S/C16H26N2O2/c1-3-9-18-15-7-5-4-6-13(15)11-14(16(18)19)12-17-8-10-20-2/h11,17H,3-10,12H2,1-2H3. The Bertz CT molecular complexity index is 494. The van der Waals surface area contributed by atoms with Crippen LogP contribution in [-0.4, -0.2) is 24.8 Å². The van der Waals surface area contributed by atoms with Gasteiger partial charge in [0, 0.05) is 38.0 Å². The first kappa shape index (κ1) is 15.3. The number of rotatable bonds is 7. The van der Waals surface area contributed by atoms with Crippen molar-refractivity contribution in [2.45, 2.75) is 52.1 Å². The fourth-order valence-electron chi connectivity index (χ4n) is 2.93. The van der Waals surface area contributed by atoms with E-state index in [-0.39, 0.29) is 5.56 Å². The summed E-state index contributed by atoms with van der Waals surface area (Å²) in [6.45, 7) is 5.06. The van der Waals surface area contributed by atoms with E-state index in [1.807, 2.05) is 4.57 Å². The van der Waals surface area contributed by atoms with Gasteiger partial charge < -0.3 is 14.6 Å². The number of nitrogens with zero attached hydrogens (tertiary/aromatic N) is 1. The molecule has 1 heterocycles. The number of aromatic nitrogens is 1. The highest BCUT2D eigenvalue weighted by atomic mass is 16.5. The van der Waals surface area contributed by atoms with Gasteiger partial charge in [-0.2, -0.15) is 0 Å². The Morgan fingerprint density at radius 1 is 1.35 bits per heavy atom. The number of fused-ring (bicyclic) bond motifs is 1. The Morgan fingerprint density at radius 2 is 2.15 bits per heavy atom. The van der Waals surface area contributed by atoms with E-state index >= 15 is 0 Å². The predicted octanol–water partition coefficient (Wildman–Crippen LogP) is 1.87. The maximum absolute atomic E-state index is 12.6. The number of pyridine rings is 1. The highest BCUT2D eigenvalue weighted by Crippen LogP contribution is 2.21. The minimum atomic E-state index is 0.192. The van der Waals surface area contributed by atoms with Gasteiger partial charge in [-0.15, -0.1) is 0 Å². The molecule has 0 radical (unpaired) electrons. The predicted molar refractivity (Wildman–Crippen MR) is 81.2 cm³/mol. The zero-order valence-electron chi connectivity index (χ0n) is 12.7. The highest BCUT2D eigenvalue weighted by Gasteiger charge is 2.16. The Hall–Kier alpha value is -1.13. The molecule has 0 aliphatic heterocycles. The lowest BCUT2D eigenvalue weighted by molar-refractivity contribution is 0.199. The van der Waals surface area contributed by atoms with Crippen LogP contribution in [0.3, 0.4) is 0 Å². The quantitative estimate of drug-likeness (QED) is 0.774. The molecular formula is C16H26N2O2. The first-order valence-corrected chi connectivity index (χ1v) is 7.72. The van der Waals surface area contributed by atoms with E-state index in [0.717, 1.165) is 37.9 Å². The van der Waals surface area contributed by atoms with E-state index in [0.29, 0.717) is 13.2 Å². The molecule has 0 fully saturated rings. The second-order valence-corrected chi connectivity index (χ2v) is 5.47. The number of aryl methyl sites for hydroxylation is 1. The Labute approximate surface area is 121 Å². The molecule has 0 amide bonds. The highest BCUT2D eigenvalue weighted by molar-refractivity contribution is 5.29. The van der Waals surface area contributed by atoms with E-state index in [4.69, 9.17) is 4.74 Å². The van der Waals surface area contributed by atoms with Crippen molar-refractivity contribution in [2.24, 2.45) is 0 Å². The minimum Gasteiger partial charge on any atom is -0.383 e. The molecule has 1 aromatic rings. The van der Waals surface area contributed by atoms with Crippen LogP contribution >= 0.6 is 0 Å². The van der Waals surface area contributed by atoms with Gasteiger partial charge in [0.2, 0.25) is 0 Å². The maximum Gasteiger partial charge on any atom is 0.255 e. The number of methoxy groups -OCH3 is 1. The first-order chi connectivity index (χ1) is 9.77. The van der Waals surface area contributed by atoms with Crippen LogP contribution in [0.4, 0.5) is 0 Å². The molecule has 1 N–H and O–H groups in total. The lowest BCUT2D eigenvalue weighted by atomic mass is 9.94. The lowest BCUT2D eigenvalue weighted by Crippen LogP contribution is -2.32.